The van der Waals surface area contributed by atoms with Crippen molar-refractivity contribution < 1.29 is 4.42 Å². The molecule has 21 heavy (non-hydrogen) atoms. The summed E-state index contributed by atoms with van der Waals surface area (Å²) in [5.41, 5.74) is 9.25. The quantitative estimate of drug-likeness (QED) is 0.947. The highest BCUT2D eigenvalue weighted by molar-refractivity contribution is 5.85. The van der Waals surface area contributed by atoms with E-state index in [2.05, 4.69) is 28.9 Å². The SMILES string of the molecule is Cc1ccc(-c2nc(CN3CCC[C@@H](N)C3)co2)cc1.Cl. The number of benzene rings is 1. The van der Waals surface area contributed by atoms with Gasteiger partial charge in [0.2, 0.25) is 5.89 Å². The van der Waals surface area contributed by atoms with Gasteiger partial charge in [0.1, 0.15) is 6.26 Å². The summed E-state index contributed by atoms with van der Waals surface area (Å²) in [5, 5.41) is 0. The molecule has 3 rings (SSSR count). The Morgan fingerprint density at radius 1 is 1.33 bits per heavy atom. The van der Waals surface area contributed by atoms with Gasteiger partial charge in [-0.2, -0.15) is 0 Å². The molecule has 4 nitrogen and oxygen atoms in total. The van der Waals surface area contributed by atoms with E-state index in [-0.39, 0.29) is 12.4 Å². The monoisotopic (exact) mass is 307 g/mol. The summed E-state index contributed by atoms with van der Waals surface area (Å²) in [7, 11) is 0. The van der Waals surface area contributed by atoms with Gasteiger partial charge < -0.3 is 10.2 Å². The average Bonchev–Trinajstić information content (AvgIpc) is 2.88. The molecule has 0 bridgehead atoms. The number of halogens is 1. The number of nitrogens with zero attached hydrogens (tertiary/aromatic N) is 2. The maximum absolute atomic E-state index is 6.00. The van der Waals surface area contributed by atoms with Gasteiger partial charge in [-0.15, -0.1) is 12.4 Å². The zero-order chi connectivity index (χ0) is 13.9. The van der Waals surface area contributed by atoms with Crippen molar-refractivity contribution in [2.75, 3.05) is 13.1 Å². The van der Waals surface area contributed by atoms with Crippen molar-refractivity contribution in [2.45, 2.75) is 32.4 Å². The van der Waals surface area contributed by atoms with Gasteiger partial charge in [-0.25, -0.2) is 4.98 Å². The van der Waals surface area contributed by atoms with Crippen LogP contribution in [0.2, 0.25) is 0 Å². The molecular formula is C16H22ClN3O. The fraction of sp³-hybridized carbons (Fsp3) is 0.438. The Hall–Kier alpha value is -1.36. The van der Waals surface area contributed by atoms with Gasteiger partial charge >= 0.3 is 0 Å². The Morgan fingerprint density at radius 2 is 2.10 bits per heavy atom. The second-order valence-corrected chi connectivity index (χ2v) is 5.65. The lowest BCUT2D eigenvalue weighted by atomic mass is 10.1. The van der Waals surface area contributed by atoms with Crippen LogP contribution in [0.5, 0.6) is 0 Å². The van der Waals surface area contributed by atoms with E-state index >= 15 is 0 Å². The van der Waals surface area contributed by atoms with Crippen LogP contribution in [0.25, 0.3) is 11.5 Å². The molecule has 1 saturated heterocycles. The van der Waals surface area contributed by atoms with E-state index in [0.717, 1.165) is 37.3 Å². The Morgan fingerprint density at radius 3 is 2.81 bits per heavy atom. The minimum Gasteiger partial charge on any atom is -0.444 e. The predicted molar refractivity (Wildman–Crippen MR) is 86.4 cm³/mol. The predicted octanol–water partition coefficient (Wildman–Crippen LogP) is 2.99. The Labute approximate surface area is 131 Å². The number of likely N-dealkylation sites (tertiary alicyclic amines) is 1. The lowest BCUT2D eigenvalue weighted by molar-refractivity contribution is 0.199. The third-order valence-corrected chi connectivity index (χ3v) is 3.78. The Balaban J connectivity index is 0.00000161. The molecule has 0 spiro atoms. The van der Waals surface area contributed by atoms with Crippen molar-refractivity contribution in [2.24, 2.45) is 5.73 Å². The molecule has 0 amide bonds. The molecule has 1 aromatic heterocycles. The first-order chi connectivity index (χ1) is 9.70. The van der Waals surface area contributed by atoms with Crippen molar-refractivity contribution >= 4 is 12.4 Å². The minimum atomic E-state index is 0. The van der Waals surface area contributed by atoms with Crippen molar-refractivity contribution in [3.63, 3.8) is 0 Å². The number of hydrogen-bond acceptors (Lipinski definition) is 4. The van der Waals surface area contributed by atoms with Gasteiger partial charge in [-0.1, -0.05) is 17.7 Å². The van der Waals surface area contributed by atoms with E-state index in [9.17, 15) is 0 Å². The van der Waals surface area contributed by atoms with Crippen LogP contribution in [-0.2, 0) is 6.54 Å². The molecule has 0 aliphatic carbocycles. The number of aryl methyl sites for hydroxylation is 1. The Bertz CT molecular complexity index is 567. The summed E-state index contributed by atoms with van der Waals surface area (Å²) >= 11 is 0. The molecule has 2 N–H and O–H groups in total. The fourth-order valence-electron chi connectivity index (χ4n) is 2.67. The zero-order valence-electron chi connectivity index (χ0n) is 12.3. The molecule has 0 unspecified atom stereocenters. The summed E-state index contributed by atoms with van der Waals surface area (Å²) < 4.78 is 5.59. The summed E-state index contributed by atoms with van der Waals surface area (Å²) in [6.45, 7) is 4.95. The molecule has 1 aliphatic rings. The standard InChI is InChI=1S/C16H21N3O.ClH/c1-12-4-6-13(7-5-12)16-18-15(11-20-16)10-19-8-2-3-14(17)9-19;/h4-7,11,14H,2-3,8-10,17H2,1H3;1H/t14-;/m1./s1. The van der Waals surface area contributed by atoms with Gasteiger partial charge in [0, 0.05) is 24.7 Å². The second-order valence-electron chi connectivity index (χ2n) is 5.65. The van der Waals surface area contributed by atoms with Crippen LogP contribution in [-0.4, -0.2) is 29.0 Å². The number of oxazole rings is 1. The van der Waals surface area contributed by atoms with Crippen LogP contribution >= 0.6 is 12.4 Å². The molecule has 1 atom stereocenters. The van der Waals surface area contributed by atoms with E-state index < -0.39 is 0 Å². The molecule has 1 aliphatic heterocycles. The third kappa shape index (κ3) is 4.06. The van der Waals surface area contributed by atoms with Crippen LogP contribution in [0.3, 0.4) is 0 Å². The molecule has 1 aromatic carbocycles. The van der Waals surface area contributed by atoms with Crippen LogP contribution in [0.1, 0.15) is 24.1 Å². The highest BCUT2D eigenvalue weighted by Crippen LogP contribution is 2.20. The summed E-state index contributed by atoms with van der Waals surface area (Å²) in [6.07, 6.45) is 4.06. The van der Waals surface area contributed by atoms with Crippen molar-refractivity contribution in [1.29, 1.82) is 0 Å². The molecule has 0 radical (unpaired) electrons. The first-order valence-corrected chi connectivity index (χ1v) is 7.20. The molecule has 5 heteroatoms. The van der Waals surface area contributed by atoms with E-state index in [4.69, 9.17) is 10.2 Å². The van der Waals surface area contributed by atoms with Gasteiger partial charge in [0.15, 0.2) is 0 Å². The molecule has 114 valence electrons. The second kappa shape index (κ2) is 7.07. The van der Waals surface area contributed by atoms with E-state index in [1.807, 2.05) is 12.1 Å². The number of hydrogen-bond donors (Lipinski definition) is 1. The molecule has 1 fully saturated rings. The zero-order valence-corrected chi connectivity index (χ0v) is 13.1. The lowest BCUT2D eigenvalue weighted by Gasteiger charge is -2.29. The fourth-order valence-corrected chi connectivity index (χ4v) is 2.67. The number of aromatic nitrogens is 1. The van der Waals surface area contributed by atoms with E-state index in [0.29, 0.717) is 11.9 Å². The van der Waals surface area contributed by atoms with Gasteiger partial charge in [-0.3, -0.25) is 4.90 Å². The van der Waals surface area contributed by atoms with Crippen molar-refractivity contribution in [3.05, 3.63) is 41.8 Å². The van der Waals surface area contributed by atoms with E-state index in [1.165, 1.54) is 12.0 Å². The summed E-state index contributed by atoms with van der Waals surface area (Å²) in [5.74, 6) is 0.696. The van der Waals surface area contributed by atoms with Crippen LogP contribution < -0.4 is 5.73 Å². The van der Waals surface area contributed by atoms with Crippen LogP contribution in [0.4, 0.5) is 0 Å². The van der Waals surface area contributed by atoms with E-state index in [1.54, 1.807) is 6.26 Å². The topological polar surface area (TPSA) is 55.3 Å². The highest BCUT2D eigenvalue weighted by Gasteiger charge is 2.18. The van der Waals surface area contributed by atoms with Crippen LogP contribution in [0.15, 0.2) is 34.9 Å². The van der Waals surface area contributed by atoms with Gasteiger partial charge in [0.05, 0.1) is 5.69 Å². The lowest BCUT2D eigenvalue weighted by Crippen LogP contribution is -2.42. The normalized spacial score (nSPS) is 19.2. The summed E-state index contributed by atoms with van der Waals surface area (Å²) in [6, 6.07) is 8.53. The average molecular weight is 308 g/mol. The third-order valence-electron chi connectivity index (χ3n) is 3.78. The molecule has 0 saturated carbocycles. The minimum absolute atomic E-state index is 0. The van der Waals surface area contributed by atoms with Gasteiger partial charge in [0.25, 0.3) is 0 Å². The first kappa shape index (κ1) is 16.0. The molecule has 2 heterocycles. The van der Waals surface area contributed by atoms with Crippen LogP contribution in [0, 0.1) is 6.92 Å². The first-order valence-electron chi connectivity index (χ1n) is 7.20. The molecular weight excluding hydrogens is 286 g/mol. The number of piperidine rings is 1. The molecule has 2 aromatic rings. The van der Waals surface area contributed by atoms with Gasteiger partial charge in [-0.05, 0) is 38.4 Å². The highest BCUT2D eigenvalue weighted by atomic mass is 35.5. The summed E-state index contributed by atoms with van der Waals surface area (Å²) in [4.78, 5) is 6.93. The number of nitrogens with two attached hydrogens (primary N) is 1. The van der Waals surface area contributed by atoms with Crippen molar-refractivity contribution in [1.82, 2.24) is 9.88 Å². The maximum Gasteiger partial charge on any atom is 0.226 e. The van der Waals surface area contributed by atoms with Crippen molar-refractivity contribution in [3.8, 4) is 11.5 Å². The largest absolute Gasteiger partial charge is 0.444 e. The Kier molecular flexibility index (Phi) is 5.39. The number of rotatable bonds is 3. The maximum atomic E-state index is 6.00. The smallest absolute Gasteiger partial charge is 0.226 e.